The van der Waals surface area contributed by atoms with E-state index < -0.39 is 0 Å². The Labute approximate surface area is 165 Å². The predicted molar refractivity (Wildman–Crippen MR) is 113 cm³/mol. The van der Waals surface area contributed by atoms with E-state index >= 15 is 0 Å². The van der Waals surface area contributed by atoms with Gasteiger partial charge in [-0.3, -0.25) is 3.97 Å². The predicted octanol–water partition coefficient (Wildman–Crippen LogP) is 4.45. The van der Waals surface area contributed by atoms with E-state index in [1.54, 1.807) is 11.9 Å². The summed E-state index contributed by atoms with van der Waals surface area (Å²) in [5.74, 6) is 0. The number of aryl methyl sites for hydroxylation is 1. The molecule has 1 fully saturated rings. The summed E-state index contributed by atoms with van der Waals surface area (Å²) in [5, 5.41) is 1.09. The molecule has 1 saturated heterocycles. The molecule has 27 heavy (non-hydrogen) atoms. The van der Waals surface area contributed by atoms with Gasteiger partial charge in [-0.25, -0.2) is 4.98 Å². The summed E-state index contributed by atoms with van der Waals surface area (Å²) >= 11 is 1.70. The van der Waals surface area contributed by atoms with Crippen molar-refractivity contribution in [1.29, 1.82) is 0 Å². The minimum Gasteiger partial charge on any atom is -0.399 e. The Bertz CT molecular complexity index is 953. The van der Waals surface area contributed by atoms with Gasteiger partial charge in [0.25, 0.3) is 0 Å². The molecule has 0 saturated carbocycles. The maximum atomic E-state index is 6.29. The number of hydrogen-bond donors (Lipinski definition) is 0. The van der Waals surface area contributed by atoms with E-state index in [1.807, 2.05) is 18.3 Å². The highest BCUT2D eigenvalue weighted by atomic mass is 32.2. The zero-order valence-corrected chi connectivity index (χ0v) is 17.3. The van der Waals surface area contributed by atoms with Crippen molar-refractivity contribution < 1.29 is 9.31 Å². The van der Waals surface area contributed by atoms with Crippen LogP contribution in [0.25, 0.3) is 11.0 Å². The average molecular weight is 380 g/mol. The third kappa shape index (κ3) is 3.20. The number of benzene rings is 1. The fraction of sp³-hybridized carbons (Fsp3) is 0.381. The largest absolute Gasteiger partial charge is 0.495 e. The molecule has 0 spiro atoms. The molecule has 1 aliphatic rings. The van der Waals surface area contributed by atoms with Gasteiger partial charge in [-0.15, -0.1) is 0 Å². The third-order valence-electron chi connectivity index (χ3n) is 5.58. The molecule has 3 heterocycles. The topological polar surface area (TPSA) is 36.3 Å². The van der Waals surface area contributed by atoms with Gasteiger partial charge in [0.15, 0.2) is 0 Å². The minimum absolute atomic E-state index is 0.359. The second kappa shape index (κ2) is 6.69. The Kier molecular flexibility index (Phi) is 4.61. The van der Waals surface area contributed by atoms with Crippen molar-refractivity contribution in [1.82, 2.24) is 8.96 Å². The van der Waals surface area contributed by atoms with Crippen LogP contribution in [0.15, 0.2) is 53.6 Å². The van der Waals surface area contributed by atoms with Crippen LogP contribution < -0.4 is 5.46 Å². The van der Waals surface area contributed by atoms with Crippen LogP contribution in [0.4, 0.5) is 0 Å². The number of pyridine rings is 1. The van der Waals surface area contributed by atoms with Crippen molar-refractivity contribution in [3.05, 3.63) is 54.4 Å². The molecule has 1 aromatic carbocycles. The summed E-state index contributed by atoms with van der Waals surface area (Å²) in [6.07, 6.45) is 2.78. The van der Waals surface area contributed by atoms with Crippen LogP contribution in [0.1, 0.15) is 40.3 Å². The normalized spacial score (nSPS) is 18.3. The molecule has 0 amide bonds. The molecule has 0 aliphatic carbocycles. The van der Waals surface area contributed by atoms with Crippen LogP contribution in [0.2, 0.25) is 0 Å². The average Bonchev–Trinajstić information content (AvgIpc) is 3.09. The van der Waals surface area contributed by atoms with Crippen LogP contribution in [-0.4, -0.2) is 27.3 Å². The van der Waals surface area contributed by atoms with Crippen molar-refractivity contribution in [2.24, 2.45) is 0 Å². The fourth-order valence-electron chi connectivity index (χ4n) is 3.26. The smallest absolute Gasteiger partial charge is 0.399 e. The van der Waals surface area contributed by atoms with Gasteiger partial charge < -0.3 is 9.31 Å². The summed E-state index contributed by atoms with van der Waals surface area (Å²) in [5.41, 5.74) is 2.51. The van der Waals surface area contributed by atoms with Gasteiger partial charge in [-0.2, -0.15) is 0 Å². The van der Waals surface area contributed by atoms with E-state index in [1.165, 1.54) is 10.6 Å². The summed E-state index contributed by atoms with van der Waals surface area (Å²) in [6.45, 7) is 10.5. The Morgan fingerprint density at radius 1 is 1.04 bits per heavy atom. The number of hydrogen-bond acceptors (Lipinski definition) is 4. The maximum absolute atomic E-state index is 6.29. The number of nitrogens with zero attached hydrogens (tertiary/aromatic N) is 2. The highest BCUT2D eigenvalue weighted by Crippen LogP contribution is 2.37. The van der Waals surface area contributed by atoms with Crippen LogP contribution in [0.5, 0.6) is 0 Å². The van der Waals surface area contributed by atoms with Gasteiger partial charge in [0.1, 0.15) is 5.65 Å². The molecule has 2 aromatic heterocycles. The van der Waals surface area contributed by atoms with E-state index in [2.05, 4.69) is 73.9 Å². The first kappa shape index (κ1) is 18.6. The lowest BCUT2D eigenvalue weighted by molar-refractivity contribution is 0.00578. The van der Waals surface area contributed by atoms with Gasteiger partial charge in [0.2, 0.25) is 0 Å². The zero-order chi connectivity index (χ0) is 19.2. The molecular weight excluding hydrogens is 355 g/mol. The standard InChI is InChI=1S/C21H25BN2O2S/c1-6-15-14-17-18(22-25-20(2,3)21(4,5)26-22)12-13-23-19(17)24(15)27-16-10-8-7-9-11-16/h7-14H,6H2,1-5H3. The van der Waals surface area contributed by atoms with Crippen LogP contribution >= 0.6 is 11.9 Å². The minimum atomic E-state index is -0.386. The van der Waals surface area contributed by atoms with Gasteiger partial charge in [-0.05, 0) is 75.8 Å². The molecule has 6 heteroatoms. The molecule has 3 aromatic rings. The van der Waals surface area contributed by atoms with E-state index in [0.717, 1.165) is 22.9 Å². The van der Waals surface area contributed by atoms with Crippen LogP contribution in [0, 0.1) is 0 Å². The summed E-state index contributed by atoms with van der Waals surface area (Å²) < 4.78 is 14.8. The van der Waals surface area contributed by atoms with E-state index in [9.17, 15) is 0 Å². The molecule has 0 bridgehead atoms. The summed E-state index contributed by atoms with van der Waals surface area (Å²) in [6, 6.07) is 14.6. The molecule has 4 nitrogen and oxygen atoms in total. The van der Waals surface area contributed by atoms with Crippen molar-refractivity contribution in [2.75, 3.05) is 0 Å². The first-order chi connectivity index (χ1) is 12.8. The molecule has 0 atom stereocenters. The maximum Gasteiger partial charge on any atom is 0.495 e. The van der Waals surface area contributed by atoms with Crippen molar-refractivity contribution >= 4 is 35.6 Å². The molecule has 4 rings (SSSR count). The van der Waals surface area contributed by atoms with E-state index in [4.69, 9.17) is 9.31 Å². The third-order valence-corrected chi connectivity index (χ3v) is 6.65. The summed E-state index contributed by atoms with van der Waals surface area (Å²) in [4.78, 5) is 5.87. The van der Waals surface area contributed by atoms with Crippen molar-refractivity contribution in [3.63, 3.8) is 0 Å². The molecule has 0 radical (unpaired) electrons. The molecular formula is C21H25BN2O2S. The molecule has 0 unspecified atom stereocenters. The monoisotopic (exact) mass is 380 g/mol. The van der Waals surface area contributed by atoms with Gasteiger partial charge in [-0.1, -0.05) is 25.1 Å². The summed E-state index contributed by atoms with van der Waals surface area (Å²) in [7, 11) is -0.386. The highest BCUT2D eigenvalue weighted by molar-refractivity contribution is 7.98. The van der Waals surface area contributed by atoms with Gasteiger partial charge in [0.05, 0.1) is 11.2 Å². The van der Waals surface area contributed by atoms with Crippen molar-refractivity contribution in [2.45, 2.75) is 57.1 Å². The Morgan fingerprint density at radius 2 is 1.70 bits per heavy atom. The molecule has 0 N–H and O–H groups in total. The highest BCUT2D eigenvalue weighted by Gasteiger charge is 2.52. The SMILES string of the molecule is CCc1cc2c(B3OC(C)(C)C(C)(C)O3)ccnc2n1Sc1ccccc1. The Morgan fingerprint density at radius 3 is 2.33 bits per heavy atom. The number of rotatable bonds is 4. The Hall–Kier alpha value is -1.76. The number of aromatic nitrogens is 2. The fourth-order valence-corrected chi connectivity index (χ4v) is 4.28. The van der Waals surface area contributed by atoms with Crippen LogP contribution in [-0.2, 0) is 15.7 Å². The van der Waals surface area contributed by atoms with E-state index in [-0.39, 0.29) is 18.3 Å². The Balaban J connectivity index is 1.79. The number of fused-ring (bicyclic) bond motifs is 1. The van der Waals surface area contributed by atoms with E-state index in [0.29, 0.717) is 0 Å². The first-order valence-corrected chi connectivity index (χ1v) is 10.2. The van der Waals surface area contributed by atoms with Crippen molar-refractivity contribution in [3.8, 4) is 0 Å². The first-order valence-electron chi connectivity index (χ1n) is 9.40. The second-order valence-corrected chi connectivity index (χ2v) is 8.93. The van der Waals surface area contributed by atoms with Gasteiger partial charge in [0, 0.05) is 22.2 Å². The molecule has 140 valence electrons. The quantitative estimate of drug-likeness (QED) is 0.627. The lowest BCUT2D eigenvalue weighted by Gasteiger charge is -2.32. The van der Waals surface area contributed by atoms with Crippen LogP contribution in [0.3, 0.4) is 0 Å². The zero-order valence-electron chi connectivity index (χ0n) is 16.5. The lowest BCUT2D eigenvalue weighted by Crippen LogP contribution is -2.41. The second-order valence-electron chi connectivity index (χ2n) is 7.91. The lowest BCUT2D eigenvalue weighted by atomic mass is 9.78. The van der Waals surface area contributed by atoms with Gasteiger partial charge >= 0.3 is 7.12 Å². The molecule has 1 aliphatic heterocycles.